The number of ether oxygens (including phenoxy) is 1. The maximum Gasteiger partial charge on any atom is 0.324 e. The first-order valence-corrected chi connectivity index (χ1v) is 6.90. The lowest BCUT2D eigenvalue weighted by molar-refractivity contribution is -0.150. The predicted molar refractivity (Wildman–Crippen MR) is 76.1 cm³/mol. The van der Waals surface area contributed by atoms with Crippen LogP contribution in [0.2, 0.25) is 0 Å². The zero-order valence-electron chi connectivity index (χ0n) is 11.9. The van der Waals surface area contributed by atoms with Crippen LogP contribution in [0.3, 0.4) is 0 Å². The van der Waals surface area contributed by atoms with Gasteiger partial charge in [0.2, 0.25) is 0 Å². The van der Waals surface area contributed by atoms with Gasteiger partial charge < -0.3 is 10.1 Å². The number of ketones is 1. The maximum atomic E-state index is 11.8. The average molecular weight is 304 g/mol. The number of carbonyl (C=O) groups excluding carboxylic acids is 4. The van der Waals surface area contributed by atoms with E-state index in [1.165, 1.54) is 0 Å². The molecular weight excluding hydrogens is 288 g/mol. The molecule has 1 aliphatic rings. The molecular formula is C15H16N2O5. The molecule has 1 heterocycles. The van der Waals surface area contributed by atoms with E-state index in [4.69, 9.17) is 4.74 Å². The van der Waals surface area contributed by atoms with Crippen molar-refractivity contribution < 1.29 is 23.9 Å². The molecule has 0 bridgehead atoms. The third-order valence-electron chi connectivity index (χ3n) is 3.17. The van der Waals surface area contributed by atoms with Gasteiger partial charge >= 0.3 is 12.0 Å². The Hall–Kier alpha value is -2.70. The Balaban J connectivity index is 1.71. The van der Waals surface area contributed by atoms with E-state index in [2.05, 4.69) is 5.32 Å². The summed E-state index contributed by atoms with van der Waals surface area (Å²) >= 11 is 0. The van der Waals surface area contributed by atoms with Crippen LogP contribution in [0.5, 0.6) is 0 Å². The van der Waals surface area contributed by atoms with Gasteiger partial charge in [0.15, 0.2) is 12.4 Å². The summed E-state index contributed by atoms with van der Waals surface area (Å²) in [7, 11) is 0. The van der Waals surface area contributed by atoms with Crippen LogP contribution in [-0.2, 0) is 14.3 Å². The highest BCUT2D eigenvalue weighted by Gasteiger charge is 2.26. The molecule has 0 atom stereocenters. The highest BCUT2D eigenvalue weighted by molar-refractivity contribution is 5.98. The van der Waals surface area contributed by atoms with Crippen molar-refractivity contribution in [3.63, 3.8) is 0 Å². The van der Waals surface area contributed by atoms with Gasteiger partial charge in [0, 0.05) is 25.1 Å². The summed E-state index contributed by atoms with van der Waals surface area (Å²) in [6.45, 7) is 0.164. The predicted octanol–water partition coefficient (Wildman–Crippen LogP) is 0.745. The second kappa shape index (κ2) is 7.35. The van der Waals surface area contributed by atoms with Gasteiger partial charge in [0.25, 0.3) is 5.91 Å². The molecule has 0 unspecified atom stereocenters. The summed E-state index contributed by atoms with van der Waals surface area (Å²) in [5.41, 5.74) is 0.528. The summed E-state index contributed by atoms with van der Waals surface area (Å²) in [5.74, 6) is -1.38. The molecule has 0 spiro atoms. The highest BCUT2D eigenvalue weighted by atomic mass is 16.5. The van der Waals surface area contributed by atoms with E-state index in [9.17, 15) is 19.2 Å². The molecule has 22 heavy (non-hydrogen) atoms. The molecule has 1 N–H and O–H groups in total. The molecule has 7 nitrogen and oxygen atoms in total. The standard InChI is InChI=1S/C15H16N2O5/c18-12(11-4-2-1-3-5-11)6-7-14(20)22-10-13(19)17-9-8-16-15(17)21/h1-5H,6-10H2,(H,16,21). The number of Topliss-reactive ketones (excluding diaryl/α,β-unsaturated/α-hetero) is 1. The summed E-state index contributed by atoms with van der Waals surface area (Å²) in [5, 5.41) is 2.48. The number of imide groups is 1. The fourth-order valence-electron chi connectivity index (χ4n) is 1.99. The molecule has 1 aromatic carbocycles. The summed E-state index contributed by atoms with van der Waals surface area (Å²) in [4.78, 5) is 47.2. The SMILES string of the molecule is O=C(CCC(=O)c1ccccc1)OCC(=O)N1CCNC1=O. The van der Waals surface area contributed by atoms with E-state index >= 15 is 0 Å². The first-order valence-electron chi connectivity index (χ1n) is 6.90. The Morgan fingerprint density at radius 1 is 1.14 bits per heavy atom. The molecule has 1 fully saturated rings. The number of rotatable bonds is 6. The minimum Gasteiger partial charge on any atom is -0.456 e. The lowest BCUT2D eigenvalue weighted by Crippen LogP contribution is -2.37. The molecule has 0 saturated carbocycles. The van der Waals surface area contributed by atoms with Crippen molar-refractivity contribution in [2.24, 2.45) is 0 Å². The van der Waals surface area contributed by atoms with Crippen molar-refractivity contribution in [2.75, 3.05) is 19.7 Å². The number of urea groups is 1. The van der Waals surface area contributed by atoms with E-state index in [0.29, 0.717) is 12.1 Å². The number of nitrogens with zero attached hydrogens (tertiary/aromatic N) is 1. The van der Waals surface area contributed by atoms with Crippen LogP contribution in [0.4, 0.5) is 4.79 Å². The van der Waals surface area contributed by atoms with Crippen molar-refractivity contribution in [1.29, 1.82) is 0 Å². The second-order valence-corrected chi connectivity index (χ2v) is 4.73. The zero-order chi connectivity index (χ0) is 15.9. The Morgan fingerprint density at radius 2 is 1.86 bits per heavy atom. The fraction of sp³-hybridized carbons (Fsp3) is 0.333. The monoisotopic (exact) mass is 304 g/mol. The van der Waals surface area contributed by atoms with E-state index in [-0.39, 0.29) is 25.2 Å². The molecule has 3 amide bonds. The first kappa shape index (κ1) is 15.7. The largest absolute Gasteiger partial charge is 0.456 e. The Bertz CT molecular complexity index is 585. The number of amides is 3. The van der Waals surface area contributed by atoms with Crippen LogP contribution in [0, 0.1) is 0 Å². The first-order chi connectivity index (χ1) is 10.6. The Kier molecular flexibility index (Phi) is 5.24. The van der Waals surface area contributed by atoms with Crippen molar-refractivity contribution >= 4 is 23.7 Å². The molecule has 7 heteroatoms. The normalized spacial score (nSPS) is 13.6. The highest BCUT2D eigenvalue weighted by Crippen LogP contribution is 2.06. The number of hydrogen-bond acceptors (Lipinski definition) is 5. The van der Waals surface area contributed by atoms with Crippen LogP contribution in [0.25, 0.3) is 0 Å². The van der Waals surface area contributed by atoms with Crippen molar-refractivity contribution in [3.8, 4) is 0 Å². The van der Waals surface area contributed by atoms with Gasteiger partial charge in [-0.3, -0.25) is 19.3 Å². The van der Waals surface area contributed by atoms with Gasteiger partial charge in [-0.2, -0.15) is 0 Å². The van der Waals surface area contributed by atoms with Crippen LogP contribution in [0.15, 0.2) is 30.3 Å². The summed E-state index contributed by atoms with van der Waals surface area (Å²) in [6.07, 6.45) is -0.0888. The smallest absolute Gasteiger partial charge is 0.324 e. The Morgan fingerprint density at radius 3 is 2.50 bits per heavy atom. The zero-order valence-corrected chi connectivity index (χ0v) is 11.9. The number of benzene rings is 1. The molecule has 2 rings (SSSR count). The van der Waals surface area contributed by atoms with Crippen molar-refractivity contribution in [2.45, 2.75) is 12.8 Å². The van der Waals surface area contributed by atoms with E-state index in [1.807, 2.05) is 0 Å². The van der Waals surface area contributed by atoms with Gasteiger partial charge in [-0.05, 0) is 0 Å². The van der Waals surface area contributed by atoms with Crippen LogP contribution in [-0.4, -0.2) is 48.3 Å². The third-order valence-corrected chi connectivity index (χ3v) is 3.17. The van der Waals surface area contributed by atoms with Gasteiger partial charge in [-0.25, -0.2) is 4.79 Å². The average Bonchev–Trinajstić information content (AvgIpc) is 2.97. The maximum absolute atomic E-state index is 11.8. The number of carbonyl (C=O) groups is 4. The summed E-state index contributed by atoms with van der Waals surface area (Å²) in [6, 6.07) is 8.13. The van der Waals surface area contributed by atoms with Crippen molar-refractivity contribution in [1.82, 2.24) is 10.2 Å². The van der Waals surface area contributed by atoms with Gasteiger partial charge in [-0.15, -0.1) is 0 Å². The second-order valence-electron chi connectivity index (χ2n) is 4.73. The molecule has 0 radical (unpaired) electrons. The third kappa shape index (κ3) is 4.15. The topological polar surface area (TPSA) is 92.8 Å². The fourth-order valence-corrected chi connectivity index (χ4v) is 1.99. The molecule has 1 saturated heterocycles. The lowest BCUT2D eigenvalue weighted by Gasteiger charge is -2.11. The van der Waals surface area contributed by atoms with Crippen LogP contribution in [0.1, 0.15) is 23.2 Å². The number of esters is 1. The van der Waals surface area contributed by atoms with Crippen molar-refractivity contribution in [3.05, 3.63) is 35.9 Å². The minimum atomic E-state index is -0.641. The minimum absolute atomic E-state index is 0.0151. The molecule has 1 aromatic rings. The van der Waals surface area contributed by atoms with E-state index in [0.717, 1.165) is 4.90 Å². The van der Waals surface area contributed by atoms with Gasteiger partial charge in [-0.1, -0.05) is 30.3 Å². The number of hydrogen-bond donors (Lipinski definition) is 1. The molecule has 0 aromatic heterocycles. The molecule has 116 valence electrons. The van der Waals surface area contributed by atoms with Crippen LogP contribution >= 0.6 is 0 Å². The molecule has 1 aliphatic heterocycles. The van der Waals surface area contributed by atoms with E-state index < -0.39 is 24.5 Å². The lowest BCUT2D eigenvalue weighted by atomic mass is 10.1. The van der Waals surface area contributed by atoms with Gasteiger partial charge in [0.1, 0.15) is 0 Å². The quantitative estimate of drug-likeness (QED) is 0.618. The Labute approximate surface area is 127 Å². The summed E-state index contributed by atoms with van der Waals surface area (Å²) < 4.78 is 4.79. The number of nitrogens with one attached hydrogen (secondary N) is 1. The van der Waals surface area contributed by atoms with Gasteiger partial charge in [0.05, 0.1) is 6.42 Å². The van der Waals surface area contributed by atoms with E-state index in [1.54, 1.807) is 30.3 Å². The van der Waals surface area contributed by atoms with Crippen LogP contribution < -0.4 is 5.32 Å². The molecule has 0 aliphatic carbocycles.